The predicted molar refractivity (Wildman–Crippen MR) is 70.1 cm³/mol. The molecule has 1 aliphatic carbocycles. The van der Waals surface area contributed by atoms with Crippen LogP contribution in [0.15, 0.2) is 5.38 Å². The van der Waals surface area contributed by atoms with Gasteiger partial charge in [-0.25, -0.2) is 4.98 Å². The van der Waals surface area contributed by atoms with E-state index in [9.17, 15) is 4.79 Å². The Labute approximate surface area is 107 Å². The number of thiazole rings is 1. The topological polar surface area (TPSA) is 42.0 Å². The van der Waals surface area contributed by atoms with Gasteiger partial charge in [-0.3, -0.25) is 4.79 Å². The highest BCUT2D eigenvalue weighted by Gasteiger charge is 2.20. The minimum absolute atomic E-state index is 0.248. The number of aromatic nitrogens is 1. The average Bonchev–Trinajstić information content (AvgIpc) is 2.76. The molecule has 1 fully saturated rings. The molecule has 0 spiro atoms. The van der Waals surface area contributed by atoms with Crippen molar-refractivity contribution < 1.29 is 4.79 Å². The maximum Gasteiger partial charge on any atom is 0.223 e. The van der Waals surface area contributed by atoms with E-state index in [4.69, 9.17) is 0 Å². The molecule has 1 heterocycles. The molecule has 0 saturated heterocycles. The second kappa shape index (κ2) is 6.15. The lowest BCUT2D eigenvalue weighted by molar-refractivity contribution is -0.125. The summed E-state index contributed by atoms with van der Waals surface area (Å²) in [4.78, 5) is 16.3. The third-order valence-corrected chi connectivity index (χ3v) is 4.31. The van der Waals surface area contributed by atoms with Crippen molar-refractivity contribution in [2.75, 3.05) is 6.54 Å². The van der Waals surface area contributed by atoms with Crippen LogP contribution in [0.25, 0.3) is 0 Å². The summed E-state index contributed by atoms with van der Waals surface area (Å²) in [5, 5.41) is 6.21. The van der Waals surface area contributed by atoms with Gasteiger partial charge < -0.3 is 5.32 Å². The molecule has 0 radical (unpaired) electrons. The van der Waals surface area contributed by atoms with Gasteiger partial charge in [0.2, 0.25) is 5.91 Å². The minimum atomic E-state index is 0.248. The molecule has 4 heteroatoms. The van der Waals surface area contributed by atoms with Gasteiger partial charge >= 0.3 is 0 Å². The molecular weight excluding hydrogens is 232 g/mol. The molecule has 17 heavy (non-hydrogen) atoms. The van der Waals surface area contributed by atoms with E-state index < -0.39 is 0 Å². The quantitative estimate of drug-likeness (QED) is 0.895. The first-order chi connectivity index (χ1) is 8.25. The van der Waals surface area contributed by atoms with Crippen LogP contribution in [0.2, 0.25) is 0 Å². The van der Waals surface area contributed by atoms with E-state index in [-0.39, 0.29) is 11.8 Å². The second-order valence-corrected chi connectivity index (χ2v) is 5.70. The molecule has 1 amide bonds. The molecule has 0 bridgehead atoms. The van der Waals surface area contributed by atoms with E-state index in [1.54, 1.807) is 11.3 Å². The Morgan fingerprint density at radius 1 is 1.47 bits per heavy atom. The molecule has 94 valence electrons. The van der Waals surface area contributed by atoms with Crippen molar-refractivity contribution in [2.24, 2.45) is 5.92 Å². The third-order valence-electron chi connectivity index (χ3n) is 3.28. The first-order valence-corrected chi connectivity index (χ1v) is 7.32. The van der Waals surface area contributed by atoms with Gasteiger partial charge in [-0.2, -0.15) is 0 Å². The van der Waals surface area contributed by atoms with Gasteiger partial charge in [-0.1, -0.05) is 19.3 Å². The van der Waals surface area contributed by atoms with E-state index >= 15 is 0 Å². The minimum Gasteiger partial charge on any atom is -0.355 e. The molecule has 1 N–H and O–H groups in total. The van der Waals surface area contributed by atoms with E-state index in [1.165, 1.54) is 19.3 Å². The monoisotopic (exact) mass is 252 g/mol. The van der Waals surface area contributed by atoms with Crippen LogP contribution in [0, 0.1) is 12.8 Å². The highest BCUT2D eigenvalue weighted by molar-refractivity contribution is 7.09. The molecule has 1 aromatic heterocycles. The summed E-state index contributed by atoms with van der Waals surface area (Å²) >= 11 is 1.67. The number of amides is 1. The Morgan fingerprint density at radius 3 is 2.88 bits per heavy atom. The lowest BCUT2D eigenvalue weighted by Crippen LogP contribution is -2.33. The van der Waals surface area contributed by atoms with Crippen LogP contribution >= 0.6 is 11.3 Å². The highest BCUT2D eigenvalue weighted by atomic mass is 32.1. The van der Waals surface area contributed by atoms with Crippen LogP contribution in [-0.2, 0) is 11.2 Å². The van der Waals surface area contributed by atoms with Crippen molar-refractivity contribution in [3.63, 3.8) is 0 Å². The van der Waals surface area contributed by atoms with E-state index in [0.717, 1.165) is 36.5 Å². The highest BCUT2D eigenvalue weighted by Crippen LogP contribution is 2.23. The molecule has 1 saturated carbocycles. The van der Waals surface area contributed by atoms with Gasteiger partial charge in [-0.15, -0.1) is 11.3 Å². The lowest BCUT2D eigenvalue weighted by Gasteiger charge is -2.20. The van der Waals surface area contributed by atoms with Crippen molar-refractivity contribution in [3.8, 4) is 0 Å². The van der Waals surface area contributed by atoms with Gasteiger partial charge in [-0.05, 0) is 19.8 Å². The number of nitrogens with one attached hydrogen (secondary N) is 1. The normalized spacial score (nSPS) is 17.0. The predicted octanol–water partition coefficient (Wildman–Crippen LogP) is 2.69. The first-order valence-electron chi connectivity index (χ1n) is 6.44. The molecule has 1 aromatic rings. The number of carbonyl (C=O) groups is 1. The molecular formula is C13H20N2OS. The van der Waals surface area contributed by atoms with Crippen molar-refractivity contribution in [3.05, 3.63) is 16.1 Å². The van der Waals surface area contributed by atoms with E-state index in [2.05, 4.69) is 15.7 Å². The molecule has 0 aromatic carbocycles. The Morgan fingerprint density at radius 2 is 2.24 bits per heavy atom. The Bertz CT molecular complexity index is 369. The summed E-state index contributed by atoms with van der Waals surface area (Å²) in [6.07, 6.45) is 6.72. The van der Waals surface area contributed by atoms with Crippen LogP contribution in [0.3, 0.4) is 0 Å². The fraction of sp³-hybridized carbons (Fsp3) is 0.692. The summed E-state index contributed by atoms with van der Waals surface area (Å²) in [7, 11) is 0. The maximum absolute atomic E-state index is 11.9. The number of rotatable bonds is 4. The standard InChI is InChI=1S/C13H20N2OS/c1-10-9-17-12(15-10)7-8-14-13(16)11-5-3-2-4-6-11/h9,11H,2-8H2,1H3,(H,14,16). The first kappa shape index (κ1) is 12.6. The van der Waals surface area contributed by atoms with Crippen molar-refractivity contribution in [1.82, 2.24) is 10.3 Å². The van der Waals surface area contributed by atoms with Gasteiger partial charge in [0, 0.05) is 30.0 Å². The molecule has 0 unspecified atom stereocenters. The van der Waals surface area contributed by atoms with E-state index in [1.807, 2.05) is 6.92 Å². The van der Waals surface area contributed by atoms with Gasteiger partial charge in [0.25, 0.3) is 0 Å². The van der Waals surface area contributed by atoms with Crippen LogP contribution < -0.4 is 5.32 Å². The van der Waals surface area contributed by atoms with Gasteiger partial charge in [0.15, 0.2) is 0 Å². The van der Waals surface area contributed by atoms with Gasteiger partial charge in [0.1, 0.15) is 0 Å². The summed E-state index contributed by atoms with van der Waals surface area (Å²) in [6, 6.07) is 0. The zero-order chi connectivity index (χ0) is 12.1. The molecule has 0 atom stereocenters. The lowest BCUT2D eigenvalue weighted by atomic mass is 9.89. The molecule has 3 nitrogen and oxygen atoms in total. The van der Waals surface area contributed by atoms with Crippen LogP contribution in [0.1, 0.15) is 42.8 Å². The van der Waals surface area contributed by atoms with Crippen molar-refractivity contribution in [1.29, 1.82) is 0 Å². The number of carbonyl (C=O) groups excluding carboxylic acids is 1. The average molecular weight is 252 g/mol. The number of hydrogen-bond donors (Lipinski definition) is 1. The molecule has 1 aliphatic rings. The SMILES string of the molecule is Cc1csc(CCNC(=O)C2CCCCC2)n1. The second-order valence-electron chi connectivity index (χ2n) is 4.76. The van der Waals surface area contributed by atoms with Gasteiger partial charge in [0.05, 0.1) is 5.01 Å². The Kier molecular flexibility index (Phi) is 4.54. The summed E-state index contributed by atoms with van der Waals surface area (Å²) < 4.78 is 0. The third kappa shape index (κ3) is 3.80. The number of nitrogens with zero attached hydrogens (tertiary/aromatic N) is 1. The fourth-order valence-electron chi connectivity index (χ4n) is 2.32. The van der Waals surface area contributed by atoms with Crippen LogP contribution in [-0.4, -0.2) is 17.4 Å². The fourth-order valence-corrected chi connectivity index (χ4v) is 3.10. The largest absolute Gasteiger partial charge is 0.355 e. The Hall–Kier alpha value is -0.900. The van der Waals surface area contributed by atoms with Crippen molar-refractivity contribution in [2.45, 2.75) is 45.4 Å². The zero-order valence-electron chi connectivity index (χ0n) is 10.4. The van der Waals surface area contributed by atoms with Crippen LogP contribution in [0.5, 0.6) is 0 Å². The zero-order valence-corrected chi connectivity index (χ0v) is 11.2. The Balaban J connectivity index is 1.69. The maximum atomic E-state index is 11.9. The summed E-state index contributed by atoms with van der Waals surface area (Å²) in [6.45, 7) is 2.73. The summed E-state index contributed by atoms with van der Waals surface area (Å²) in [5.41, 5.74) is 1.07. The number of hydrogen-bond acceptors (Lipinski definition) is 3. The van der Waals surface area contributed by atoms with E-state index in [0.29, 0.717) is 0 Å². The molecule has 0 aliphatic heterocycles. The smallest absolute Gasteiger partial charge is 0.223 e. The molecule has 2 rings (SSSR count). The van der Waals surface area contributed by atoms with Crippen LogP contribution in [0.4, 0.5) is 0 Å². The number of aryl methyl sites for hydroxylation is 1. The van der Waals surface area contributed by atoms with Crippen molar-refractivity contribution >= 4 is 17.2 Å². The summed E-state index contributed by atoms with van der Waals surface area (Å²) in [5.74, 6) is 0.514.